The maximum Gasteiger partial charge on any atom is 0.237 e. The van der Waals surface area contributed by atoms with E-state index in [1.807, 2.05) is 32.0 Å². The van der Waals surface area contributed by atoms with E-state index in [9.17, 15) is 19.5 Å². The minimum absolute atomic E-state index is 0.151. The Labute approximate surface area is 190 Å². The van der Waals surface area contributed by atoms with Crippen molar-refractivity contribution in [2.75, 3.05) is 10.6 Å². The van der Waals surface area contributed by atoms with E-state index in [0.717, 1.165) is 22.9 Å². The van der Waals surface area contributed by atoms with Gasteiger partial charge < -0.3 is 15.7 Å². The number of hydrogen-bond donors (Lipinski definition) is 3. The lowest BCUT2D eigenvalue weighted by atomic mass is 9.84. The van der Waals surface area contributed by atoms with Gasteiger partial charge in [-0.15, -0.1) is 0 Å². The topological polar surface area (TPSA) is 95.5 Å². The molecule has 0 fully saturated rings. The first-order valence-electron chi connectivity index (χ1n) is 10.1. The number of nitrogens with one attached hydrogen (secondary N) is 2. The van der Waals surface area contributed by atoms with Crippen LogP contribution in [0, 0.1) is 19.8 Å². The summed E-state index contributed by atoms with van der Waals surface area (Å²) in [6.45, 7) is 3.74. The summed E-state index contributed by atoms with van der Waals surface area (Å²) in [6, 6.07) is 18.9. The van der Waals surface area contributed by atoms with Crippen molar-refractivity contribution in [2.24, 2.45) is 5.92 Å². The lowest BCUT2D eigenvalue weighted by Gasteiger charge is -2.25. The number of thioether (sulfide) groups is 1. The zero-order valence-electron chi connectivity index (χ0n) is 17.6. The molecule has 2 unspecified atom stereocenters. The number of amides is 2. The molecule has 1 aliphatic rings. The molecule has 0 aromatic heterocycles. The van der Waals surface area contributed by atoms with Crippen LogP contribution >= 0.6 is 11.8 Å². The summed E-state index contributed by atoms with van der Waals surface area (Å²) >= 11 is 0.920. The van der Waals surface area contributed by atoms with Crippen molar-refractivity contribution >= 4 is 40.1 Å². The van der Waals surface area contributed by atoms with Gasteiger partial charge in [-0.2, -0.15) is 0 Å². The van der Waals surface area contributed by atoms with Crippen molar-refractivity contribution in [2.45, 2.75) is 24.7 Å². The van der Waals surface area contributed by atoms with Gasteiger partial charge in [0.15, 0.2) is 0 Å². The number of phenols is 1. The van der Waals surface area contributed by atoms with Gasteiger partial charge in [-0.25, -0.2) is 0 Å². The van der Waals surface area contributed by atoms with Crippen molar-refractivity contribution in [1.82, 2.24) is 0 Å². The summed E-state index contributed by atoms with van der Waals surface area (Å²) in [6.07, 6.45) is 0. The second-order valence-electron chi connectivity index (χ2n) is 7.68. The average Bonchev–Trinajstić information content (AvgIpc) is 2.88. The van der Waals surface area contributed by atoms with Crippen molar-refractivity contribution in [3.8, 4) is 5.75 Å². The minimum Gasteiger partial charge on any atom is -0.508 e. The van der Waals surface area contributed by atoms with Crippen LogP contribution in [0.1, 0.15) is 22.6 Å². The average molecular weight is 447 g/mol. The molecule has 2 amide bonds. The number of rotatable bonds is 4. The van der Waals surface area contributed by atoms with Crippen molar-refractivity contribution in [1.29, 1.82) is 0 Å². The second kappa shape index (κ2) is 8.88. The van der Waals surface area contributed by atoms with E-state index in [0.29, 0.717) is 16.3 Å². The number of anilines is 2. The molecule has 32 heavy (non-hydrogen) atoms. The van der Waals surface area contributed by atoms with Crippen LogP contribution < -0.4 is 10.6 Å². The molecule has 3 aromatic carbocycles. The molecule has 1 heterocycles. The molecule has 3 N–H and O–H groups in total. The molecule has 3 aromatic rings. The molecular formula is C25H22N2O4S. The molecule has 7 heteroatoms. The Morgan fingerprint density at radius 2 is 1.62 bits per heavy atom. The monoisotopic (exact) mass is 446 g/mol. The molecule has 0 spiro atoms. The van der Waals surface area contributed by atoms with E-state index < -0.39 is 28.8 Å². The summed E-state index contributed by atoms with van der Waals surface area (Å²) in [7, 11) is 0. The van der Waals surface area contributed by atoms with Crippen molar-refractivity contribution in [3.05, 3.63) is 83.4 Å². The third kappa shape index (κ3) is 4.11. The van der Waals surface area contributed by atoms with E-state index in [1.165, 1.54) is 6.07 Å². The molecule has 0 radical (unpaired) electrons. The molecule has 0 bridgehead atoms. The molecule has 1 aliphatic heterocycles. The van der Waals surface area contributed by atoms with Crippen molar-refractivity contribution < 1.29 is 19.5 Å². The molecule has 162 valence electrons. The van der Waals surface area contributed by atoms with E-state index >= 15 is 0 Å². The highest BCUT2D eigenvalue weighted by molar-refractivity contribution is 8.14. The van der Waals surface area contributed by atoms with E-state index in [2.05, 4.69) is 10.6 Å². The second-order valence-corrected chi connectivity index (χ2v) is 8.72. The SMILES string of the molecule is Cc1cccc(C)c1NC(=O)C(c1ccccc1O)C1C(=O)Nc2ccccc2SC1=O. The first-order valence-corrected chi connectivity index (χ1v) is 10.9. The highest BCUT2D eigenvalue weighted by atomic mass is 32.2. The normalized spacial score (nSPS) is 16.5. The number of benzene rings is 3. The van der Waals surface area contributed by atoms with E-state index in [-0.39, 0.29) is 11.3 Å². The van der Waals surface area contributed by atoms with Gasteiger partial charge in [-0.3, -0.25) is 14.4 Å². The van der Waals surface area contributed by atoms with Crippen LogP contribution in [0.5, 0.6) is 5.75 Å². The fourth-order valence-corrected chi connectivity index (χ4v) is 4.83. The van der Waals surface area contributed by atoms with Gasteiger partial charge >= 0.3 is 0 Å². The maximum atomic E-state index is 13.6. The van der Waals surface area contributed by atoms with Crippen molar-refractivity contribution in [3.63, 3.8) is 0 Å². The van der Waals surface area contributed by atoms with E-state index in [4.69, 9.17) is 0 Å². The Kier molecular flexibility index (Phi) is 6.01. The van der Waals surface area contributed by atoms with Gasteiger partial charge in [0.2, 0.25) is 16.9 Å². The van der Waals surface area contributed by atoms with Crippen LogP contribution in [0.2, 0.25) is 0 Å². The summed E-state index contributed by atoms with van der Waals surface area (Å²) in [5.41, 5.74) is 3.07. The van der Waals surface area contributed by atoms with Gasteiger partial charge in [0.1, 0.15) is 11.7 Å². The van der Waals surface area contributed by atoms with Gasteiger partial charge in [-0.05, 0) is 54.9 Å². The number of carbonyl (C=O) groups excluding carboxylic acids is 3. The molecule has 0 saturated carbocycles. The quantitative estimate of drug-likeness (QED) is 0.509. The first kappa shape index (κ1) is 21.6. The lowest BCUT2D eigenvalue weighted by molar-refractivity contribution is -0.132. The Bertz CT molecular complexity index is 1170. The Morgan fingerprint density at radius 1 is 0.969 bits per heavy atom. The molecule has 6 nitrogen and oxygen atoms in total. The fraction of sp³-hybridized carbons (Fsp3) is 0.160. The highest BCUT2D eigenvalue weighted by Gasteiger charge is 2.43. The summed E-state index contributed by atoms with van der Waals surface area (Å²) in [5.74, 6) is -3.82. The summed E-state index contributed by atoms with van der Waals surface area (Å²) in [4.78, 5) is 40.6. The zero-order valence-corrected chi connectivity index (χ0v) is 18.4. The maximum absolute atomic E-state index is 13.6. The van der Waals surface area contributed by atoms with Gasteiger partial charge in [-0.1, -0.05) is 48.5 Å². The van der Waals surface area contributed by atoms with Crippen LogP contribution in [0.15, 0.2) is 71.6 Å². The third-order valence-electron chi connectivity index (χ3n) is 5.51. The number of aryl methyl sites for hydroxylation is 2. The molecule has 0 aliphatic carbocycles. The van der Waals surface area contributed by atoms with Crippen LogP contribution in [0.25, 0.3) is 0 Å². The molecule has 2 atom stereocenters. The fourth-order valence-electron chi connectivity index (χ4n) is 3.87. The number of para-hydroxylation sites is 3. The zero-order chi connectivity index (χ0) is 22.8. The number of aromatic hydroxyl groups is 1. The highest BCUT2D eigenvalue weighted by Crippen LogP contribution is 2.41. The predicted octanol–water partition coefficient (Wildman–Crippen LogP) is 4.62. The predicted molar refractivity (Wildman–Crippen MR) is 125 cm³/mol. The lowest BCUT2D eigenvalue weighted by Crippen LogP contribution is -2.38. The van der Waals surface area contributed by atoms with Crippen LogP contribution in [-0.2, 0) is 14.4 Å². The van der Waals surface area contributed by atoms with E-state index in [1.54, 1.807) is 42.5 Å². The molecular weight excluding hydrogens is 424 g/mol. The van der Waals surface area contributed by atoms with Gasteiger partial charge in [0, 0.05) is 16.1 Å². The smallest absolute Gasteiger partial charge is 0.237 e. The number of phenolic OH excluding ortho intramolecular Hbond substituents is 1. The van der Waals surface area contributed by atoms with Crippen LogP contribution in [0.3, 0.4) is 0 Å². The van der Waals surface area contributed by atoms with Gasteiger partial charge in [0.25, 0.3) is 0 Å². The standard InChI is InChI=1S/C25H22N2O4S/c1-14-8-7-9-15(2)22(14)27-23(29)20(16-10-3-5-12-18(16)28)21-24(30)26-17-11-4-6-13-19(17)32-25(21)31/h3-13,20-21,28H,1-2H3,(H,26,30)(H,27,29). The largest absolute Gasteiger partial charge is 0.508 e. The van der Waals surface area contributed by atoms with Crippen LogP contribution in [-0.4, -0.2) is 22.0 Å². The van der Waals surface area contributed by atoms with Gasteiger partial charge in [0.05, 0.1) is 11.6 Å². The number of hydrogen-bond acceptors (Lipinski definition) is 5. The minimum atomic E-state index is -1.33. The summed E-state index contributed by atoms with van der Waals surface area (Å²) in [5, 5.41) is 15.7. The number of carbonyl (C=O) groups is 3. The first-order chi connectivity index (χ1) is 15.4. The summed E-state index contributed by atoms with van der Waals surface area (Å²) < 4.78 is 0. The van der Waals surface area contributed by atoms with Crippen LogP contribution in [0.4, 0.5) is 11.4 Å². The molecule has 4 rings (SSSR count). The Morgan fingerprint density at radius 3 is 2.34 bits per heavy atom. The third-order valence-corrected chi connectivity index (χ3v) is 6.54. The Balaban J connectivity index is 1.78. The number of fused-ring (bicyclic) bond motifs is 1. The Hall–Kier alpha value is -3.58. The molecule has 0 saturated heterocycles.